The molecule has 1 aliphatic heterocycles. The van der Waals surface area contributed by atoms with Gasteiger partial charge in [0.25, 0.3) is 5.91 Å². The van der Waals surface area contributed by atoms with E-state index < -0.39 is 11.7 Å². The summed E-state index contributed by atoms with van der Waals surface area (Å²) < 4.78 is 5.19. The SMILES string of the molecule is Cc1nc(CNC(=O)OC(C)(C)C)sc1C(=O)N1CCCCC1. The summed E-state index contributed by atoms with van der Waals surface area (Å²) in [5.74, 6) is 0.0585. The first kappa shape index (κ1) is 17.7. The highest BCUT2D eigenvalue weighted by molar-refractivity contribution is 7.13. The predicted octanol–water partition coefficient (Wildman–Crippen LogP) is 3.10. The van der Waals surface area contributed by atoms with Crippen LogP contribution in [0.25, 0.3) is 0 Å². The maximum Gasteiger partial charge on any atom is 0.408 e. The van der Waals surface area contributed by atoms with E-state index in [0.717, 1.165) is 31.6 Å². The quantitative estimate of drug-likeness (QED) is 0.918. The van der Waals surface area contributed by atoms with Gasteiger partial charge >= 0.3 is 6.09 Å². The van der Waals surface area contributed by atoms with Crippen molar-refractivity contribution in [2.45, 2.75) is 59.1 Å². The number of thiazole rings is 1. The van der Waals surface area contributed by atoms with Crippen LogP contribution in [0.15, 0.2) is 0 Å². The number of aromatic nitrogens is 1. The van der Waals surface area contributed by atoms with E-state index >= 15 is 0 Å². The van der Waals surface area contributed by atoms with Gasteiger partial charge in [-0.1, -0.05) is 0 Å². The second kappa shape index (κ2) is 7.29. The summed E-state index contributed by atoms with van der Waals surface area (Å²) in [5.41, 5.74) is 0.199. The van der Waals surface area contributed by atoms with Crippen LogP contribution in [0.3, 0.4) is 0 Å². The Morgan fingerprint density at radius 1 is 1.26 bits per heavy atom. The van der Waals surface area contributed by atoms with Crippen LogP contribution >= 0.6 is 11.3 Å². The number of ether oxygens (including phenoxy) is 1. The highest BCUT2D eigenvalue weighted by atomic mass is 32.1. The minimum absolute atomic E-state index is 0.0585. The monoisotopic (exact) mass is 339 g/mol. The van der Waals surface area contributed by atoms with E-state index in [2.05, 4.69) is 10.3 Å². The average molecular weight is 339 g/mol. The van der Waals surface area contributed by atoms with E-state index in [1.807, 2.05) is 32.6 Å². The molecule has 0 aromatic carbocycles. The number of piperidine rings is 1. The van der Waals surface area contributed by atoms with Crippen molar-refractivity contribution in [1.82, 2.24) is 15.2 Å². The molecule has 0 spiro atoms. The smallest absolute Gasteiger partial charge is 0.408 e. The van der Waals surface area contributed by atoms with E-state index in [-0.39, 0.29) is 12.5 Å². The Hall–Kier alpha value is -1.63. The van der Waals surface area contributed by atoms with Gasteiger partial charge in [0, 0.05) is 13.1 Å². The molecular weight excluding hydrogens is 314 g/mol. The lowest BCUT2D eigenvalue weighted by molar-refractivity contribution is 0.0523. The molecule has 2 heterocycles. The molecule has 1 aliphatic rings. The number of carbonyl (C=O) groups excluding carboxylic acids is 2. The Labute approximate surface area is 141 Å². The predicted molar refractivity (Wildman–Crippen MR) is 89.7 cm³/mol. The van der Waals surface area contributed by atoms with Crippen LogP contribution < -0.4 is 5.32 Å². The van der Waals surface area contributed by atoms with Crippen molar-refractivity contribution in [2.75, 3.05) is 13.1 Å². The molecule has 23 heavy (non-hydrogen) atoms. The van der Waals surface area contributed by atoms with Crippen LogP contribution in [0.2, 0.25) is 0 Å². The lowest BCUT2D eigenvalue weighted by atomic mass is 10.1. The summed E-state index contributed by atoms with van der Waals surface area (Å²) in [4.78, 5) is 31.2. The molecule has 0 unspecified atom stereocenters. The minimum atomic E-state index is -0.529. The standard InChI is InChI=1S/C16H25N3O3S/c1-11-13(14(20)19-8-6-5-7-9-19)23-12(18-11)10-17-15(21)22-16(2,3)4/h5-10H2,1-4H3,(H,17,21). The number of rotatable bonds is 3. The minimum Gasteiger partial charge on any atom is -0.444 e. The van der Waals surface area contributed by atoms with Crippen LogP contribution in [0, 0.1) is 6.92 Å². The van der Waals surface area contributed by atoms with Crippen molar-refractivity contribution in [3.63, 3.8) is 0 Å². The summed E-state index contributed by atoms with van der Waals surface area (Å²) in [6.07, 6.45) is 2.85. The molecule has 6 nitrogen and oxygen atoms in total. The highest BCUT2D eigenvalue weighted by Crippen LogP contribution is 2.22. The summed E-state index contributed by atoms with van der Waals surface area (Å²) in [7, 11) is 0. The molecular formula is C16H25N3O3S. The van der Waals surface area contributed by atoms with E-state index in [1.165, 1.54) is 17.8 Å². The van der Waals surface area contributed by atoms with Crippen LogP contribution in [0.1, 0.15) is 60.4 Å². The molecule has 1 N–H and O–H groups in total. The zero-order chi connectivity index (χ0) is 17.0. The number of nitrogens with one attached hydrogen (secondary N) is 1. The molecule has 1 fully saturated rings. The molecule has 1 aromatic heterocycles. The van der Waals surface area contributed by atoms with Crippen LogP contribution in [-0.4, -0.2) is 40.6 Å². The number of likely N-dealkylation sites (tertiary alicyclic amines) is 1. The molecule has 0 saturated carbocycles. The van der Waals surface area contributed by atoms with Gasteiger partial charge in [-0.25, -0.2) is 9.78 Å². The summed E-state index contributed by atoms with van der Waals surface area (Å²) >= 11 is 1.35. The van der Waals surface area contributed by atoms with Crippen LogP contribution in [0.5, 0.6) is 0 Å². The number of hydrogen-bond donors (Lipinski definition) is 1. The normalized spacial score (nSPS) is 15.4. The van der Waals surface area contributed by atoms with E-state index in [1.54, 1.807) is 0 Å². The fourth-order valence-electron chi connectivity index (χ4n) is 2.43. The zero-order valence-electron chi connectivity index (χ0n) is 14.3. The van der Waals surface area contributed by atoms with Gasteiger partial charge in [0.05, 0.1) is 12.2 Å². The first-order valence-electron chi connectivity index (χ1n) is 7.99. The highest BCUT2D eigenvalue weighted by Gasteiger charge is 2.23. The first-order valence-corrected chi connectivity index (χ1v) is 8.80. The molecule has 1 saturated heterocycles. The van der Waals surface area contributed by atoms with Crippen molar-refractivity contribution in [1.29, 1.82) is 0 Å². The number of hydrogen-bond acceptors (Lipinski definition) is 5. The van der Waals surface area contributed by atoms with Gasteiger partial charge in [-0.3, -0.25) is 4.79 Å². The number of amides is 2. The van der Waals surface area contributed by atoms with Crippen molar-refractivity contribution in [2.24, 2.45) is 0 Å². The molecule has 2 rings (SSSR count). The fraction of sp³-hybridized carbons (Fsp3) is 0.688. The van der Waals surface area contributed by atoms with E-state index in [0.29, 0.717) is 9.88 Å². The van der Waals surface area contributed by atoms with Crippen molar-refractivity contribution in [3.05, 3.63) is 15.6 Å². The number of nitrogens with zero attached hydrogens (tertiary/aromatic N) is 2. The number of alkyl carbamates (subject to hydrolysis) is 1. The topological polar surface area (TPSA) is 71.5 Å². The molecule has 0 bridgehead atoms. The van der Waals surface area contributed by atoms with E-state index in [9.17, 15) is 9.59 Å². The largest absolute Gasteiger partial charge is 0.444 e. The second-order valence-corrected chi connectivity index (χ2v) is 7.81. The summed E-state index contributed by atoms with van der Waals surface area (Å²) in [5, 5.41) is 3.39. The molecule has 0 radical (unpaired) electrons. The molecule has 2 amide bonds. The Morgan fingerprint density at radius 3 is 2.52 bits per heavy atom. The van der Waals surface area contributed by atoms with Gasteiger partial charge in [0.2, 0.25) is 0 Å². The van der Waals surface area contributed by atoms with Crippen LogP contribution in [0.4, 0.5) is 4.79 Å². The third-order valence-corrected chi connectivity index (χ3v) is 4.61. The summed E-state index contributed by atoms with van der Waals surface area (Å²) in [6, 6.07) is 0. The van der Waals surface area contributed by atoms with Gasteiger partial charge in [0.1, 0.15) is 15.5 Å². The Morgan fingerprint density at radius 2 is 1.91 bits per heavy atom. The Bertz CT molecular complexity index is 572. The first-order chi connectivity index (χ1) is 10.8. The zero-order valence-corrected chi connectivity index (χ0v) is 15.1. The Kier molecular flexibility index (Phi) is 5.62. The Balaban J connectivity index is 1.95. The molecule has 128 valence electrons. The molecule has 7 heteroatoms. The maximum absolute atomic E-state index is 12.5. The van der Waals surface area contributed by atoms with Crippen molar-refractivity contribution >= 4 is 23.3 Å². The van der Waals surface area contributed by atoms with Gasteiger partial charge in [-0.15, -0.1) is 11.3 Å². The lowest BCUT2D eigenvalue weighted by Crippen LogP contribution is -2.35. The molecule has 1 aromatic rings. The summed E-state index contributed by atoms with van der Waals surface area (Å²) in [6.45, 7) is 9.20. The van der Waals surface area contributed by atoms with Crippen molar-refractivity contribution in [3.8, 4) is 0 Å². The number of aryl methyl sites for hydroxylation is 1. The lowest BCUT2D eigenvalue weighted by Gasteiger charge is -2.26. The molecule has 0 aliphatic carbocycles. The third-order valence-electron chi connectivity index (χ3n) is 3.46. The third kappa shape index (κ3) is 5.20. The van der Waals surface area contributed by atoms with Crippen molar-refractivity contribution < 1.29 is 14.3 Å². The fourth-order valence-corrected chi connectivity index (χ4v) is 3.40. The van der Waals surface area contributed by atoms with Gasteiger partial charge in [-0.05, 0) is 47.0 Å². The maximum atomic E-state index is 12.5. The van der Waals surface area contributed by atoms with Gasteiger partial charge < -0.3 is 15.0 Å². The molecule has 0 atom stereocenters. The average Bonchev–Trinajstić information content (AvgIpc) is 2.85. The number of carbonyl (C=O) groups is 2. The van der Waals surface area contributed by atoms with Gasteiger partial charge in [-0.2, -0.15) is 0 Å². The van der Waals surface area contributed by atoms with Crippen LogP contribution in [-0.2, 0) is 11.3 Å². The second-order valence-electron chi connectivity index (χ2n) is 6.73. The van der Waals surface area contributed by atoms with Gasteiger partial charge in [0.15, 0.2) is 0 Å². The van der Waals surface area contributed by atoms with E-state index in [4.69, 9.17) is 4.74 Å².